The van der Waals surface area contributed by atoms with Crippen molar-refractivity contribution >= 4 is 11.2 Å². The summed E-state index contributed by atoms with van der Waals surface area (Å²) in [6.45, 7) is 0.556. The van der Waals surface area contributed by atoms with Crippen LogP contribution in [0, 0.1) is 22.8 Å². The minimum Gasteiger partial charge on any atom is -0.338 e. The van der Waals surface area contributed by atoms with Gasteiger partial charge in [0, 0.05) is 24.5 Å². The van der Waals surface area contributed by atoms with Gasteiger partial charge < -0.3 is 9.88 Å². The Morgan fingerprint density at radius 3 is 2.92 bits per heavy atom. The van der Waals surface area contributed by atoms with Crippen molar-refractivity contribution in [3.8, 4) is 23.4 Å². The molecule has 0 unspecified atom stereocenters. The fourth-order valence-corrected chi connectivity index (χ4v) is 3.23. The average molecular weight is 347 g/mol. The Kier molecular flexibility index (Phi) is 3.74. The number of aromatic amines is 1. The van der Waals surface area contributed by atoms with E-state index in [1.165, 1.54) is 4.90 Å². The first-order valence-corrected chi connectivity index (χ1v) is 8.18. The number of aromatic nitrogens is 4. The maximum absolute atomic E-state index is 15.3. The SMILES string of the molecule is N#Cc1cc(-c2cnc3nc([C@@]4(F)CCCN(C#N)C4)[nH]c3c2)ccn1. The van der Waals surface area contributed by atoms with Crippen LogP contribution in [0.25, 0.3) is 22.3 Å². The quantitative estimate of drug-likeness (QED) is 0.714. The van der Waals surface area contributed by atoms with E-state index < -0.39 is 5.67 Å². The van der Waals surface area contributed by atoms with Gasteiger partial charge in [0.05, 0.1) is 12.1 Å². The van der Waals surface area contributed by atoms with Gasteiger partial charge in [-0.25, -0.2) is 19.3 Å². The number of hydrogen-bond donors (Lipinski definition) is 1. The molecule has 8 heteroatoms. The number of alkyl halides is 1. The van der Waals surface area contributed by atoms with Gasteiger partial charge in [0.15, 0.2) is 17.5 Å². The minimum absolute atomic E-state index is 0.00787. The number of nitriles is 2. The first-order chi connectivity index (χ1) is 12.6. The first kappa shape index (κ1) is 16.0. The Labute approximate surface area is 148 Å². The molecule has 1 atom stereocenters. The van der Waals surface area contributed by atoms with Crippen molar-refractivity contribution in [3.63, 3.8) is 0 Å². The molecular formula is C18H14FN7. The van der Waals surface area contributed by atoms with Gasteiger partial charge in [0.2, 0.25) is 0 Å². The van der Waals surface area contributed by atoms with Crippen LogP contribution in [0.3, 0.4) is 0 Å². The lowest BCUT2D eigenvalue weighted by Crippen LogP contribution is -2.41. The first-order valence-electron chi connectivity index (χ1n) is 8.18. The molecule has 1 fully saturated rings. The van der Waals surface area contributed by atoms with Crippen molar-refractivity contribution in [1.82, 2.24) is 24.8 Å². The van der Waals surface area contributed by atoms with Gasteiger partial charge in [0.25, 0.3) is 0 Å². The van der Waals surface area contributed by atoms with E-state index >= 15 is 4.39 Å². The van der Waals surface area contributed by atoms with Crippen LogP contribution in [0.4, 0.5) is 4.39 Å². The largest absolute Gasteiger partial charge is 0.338 e. The monoisotopic (exact) mass is 347 g/mol. The van der Waals surface area contributed by atoms with Gasteiger partial charge in [-0.05, 0) is 36.6 Å². The summed E-state index contributed by atoms with van der Waals surface area (Å²) in [5.41, 5.74) is 1.23. The van der Waals surface area contributed by atoms with Crippen molar-refractivity contribution < 1.29 is 4.39 Å². The fraction of sp³-hybridized carbons (Fsp3) is 0.278. The van der Waals surface area contributed by atoms with Crippen molar-refractivity contribution in [1.29, 1.82) is 10.5 Å². The standard InChI is InChI=1S/C18H14FN7/c19-18(3-1-5-26(10-18)11-21)17-24-15-7-13(9-23-16(15)25-17)12-2-4-22-14(6-12)8-20/h2,4,6-7,9H,1,3,5,10H2,(H,23,24,25)/t18-/m1/s1. The third-order valence-electron chi connectivity index (χ3n) is 4.55. The van der Waals surface area contributed by atoms with E-state index in [1.54, 1.807) is 24.5 Å². The molecule has 3 aromatic rings. The number of rotatable bonds is 2. The number of imidazole rings is 1. The summed E-state index contributed by atoms with van der Waals surface area (Å²) in [5, 5.41) is 18.0. The third kappa shape index (κ3) is 2.72. The van der Waals surface area contributed by atoms with E-state index in [-0.39, 0.29) is 12.4 Å². The summed E-state index contributed by atoms with van der Waals surface area (Å²) in [7, 11) is 0. The topological polar surface area (TPSA) is 105 Å². The zero-order valence-electron chi connectivity index (χ0n) is 13.8. The summed E-state index contributed by atoms with van der Waals surface area (Å²) in [6.07, 6.45) is 6.11. The minimum atomic E-state index is -1.69. The molecule has 7 nitrogen and oxygen atoms in total. The number of halogens is 1. The molecule has 1 saturated heterocycles. The second-order valence-corrected chi connectivity index (χ2v) is 6.31. The van der Waals surface area contributed by atoms with E-state index in [9.17, 15) is 0 Å². The maximum atomic E-state index is 15.3. The molecule has 0 bridgehead atoms. The average Bonchev–Trinajstić information content (AvgIpc) is 3.12. The highest BCUT2D eigenvalue weighted by molar-refractivity contribution is 5.78. The van der Waals surface area contributed by atoms with Gasteiger partial charge in [0.1, 0.15) is 17.6 Å². The Hall–Kier alpha value is -3.52. The summed E-state index contributed by atoms with van der Waals surface area (Å²) in [5.74, 6) is 0.199. The molecule has 26 heavy (non-hydrogen) atoms. The summed E-state index contributed by atoms with van der Waals surface area (Å²) >= 11 is 0. The van der Waals surface area contributed by atoms with Crippen LogP contribution in [0.1, 0.15) is 24.4 Å². The summed E-state index contributed by atoms with van der Waals surface area (Å²) in [4.78, 5) is 17.0. The Morgan fingerprint density at radius 1 is 1.23 bits per heavy atom. The second kappa shape index (κ2) is 6.08. The van der Waals surface area contributed by atoms with E-state index in [1.807, 2.05) is 18.3 Å². The van der Waals surface area contributed by atoms with Gasteiger partial charge >= 0.3 is 0 Å². The highest BCUT2D eigenvalue weighted by Gasteiger charge is 2.40. The van der Waals surface area contributed by atoms with Gasteiger partial charge in [-0.2, -0.15) is 10.5 Å². The molecule has 0 spiro atoms. The van der Waals surface area contributed by atoms with Crippen LogP contribution in [0.2, 0.25) is 0 Å². The highest BCUT2D eigenvalue weighted by atomic mass is 19.1. The van der Waals surface area contributed by atoms with Crippen LogP contribution in [-0.4, -0.2) is 37.9 Å². The number of nitrogens with one attached hydrogen (secondary N) is 1. The number of piperidine rings is 1. The molecule has 1 aliphatic heterocycles. The van der Waals surface area contributed by atoms with E-state index in [0.29, 0.717) is 36.2 Å². The molecular weight excluding hydrogens is 333 g/mol. The van der Waals surface area contributed by atoms with Crippen molar-refractivity contribution in [2.75, 3.05) is 13.1 Å². The van der Waals surface area contributed by atoms with Gasteiger partial charge in [-0.15, -0.1) is 0 Å². The normalized spacial score (nSPS) is 19.9. The van der Waals surface area contributed by atoms with Crippen molar-refractivity contribution in [2.45, 2.75) is 18.5 Å². The lowest BCUT2D eigenvalue weighted by Gasteiger charge is -2.32. The van der Waals surface area contributed by atoms with Crippen molar-refractivity contribution in [3.05, 3.63) is 42.1 Å². The summed E-state index contributed by atoms with van der Waals surface area (Å²) in [6, 6.07) is 7.28. The van der Waals surface area contributed by atoms with E-state index in [2.05, 4.69) is 19.9 Å². The Morgan fingerprint density at radius 2 is 2.12 bits per heavy atom. The van der Waals surface area contributed by atoms with Crippen molar-refractivity contribution in [2.24, 2.45) is 0 Å². The molecule has 0 radical (unpaired) electrons. The van der Waals surface area contributed by atoms with Crippen LogP contribution >= 0.6 is 0 Å². The van der Waals surface area contributed by atoms with Gasteiger partial charge in [-0.3, -0.25) is 0 Å². The third-order valence-corrected chi connectivity index (χ3v) is 4.55. The predicted octanol–water partition coefficient (Wildman–Crippen LogP) is 2.63. The molecule has 0 aromatic carbocycles. The van der Waals surface area contributed by atoms with E-state index in [0.717, 1.165) is 11.1 Å². The molecule has 0 amide bonds. The second-order valence-electron chi connectivity index (χ2n) is 6.31. The molecule has 0 aliphatic carbocycles. The zero-order chi connectivity index (χ0) is 18.1. The predicted molar refractivity (Wildman–Crippen MR) is 91.0 cm³/mol. The fourth-order valence-electron chi connectivity index (χ4n) is 3.23. The number of fused-ring (bicyclic) bond motifs is 1. The smallest absolute Gasteiger partial charge is 0.186 e. The Balaban J connectivity index is 1.72. The van der Waals surface area contributed by atoms with E-state index in [4.69, 9.17) is 10.5 Å². The summed E-state index contributed by atoms with van der Waals surface area (Å²) < 4.78 is 15.3. The maximum Gasteiger partial charge on any atom is 0.186 e. The van der Waals surface area contributed by atoms with Gasteiger partial charge in [-0.1, -0.05) is 0 Å². The molecule has 4 heterocycles. The van der Waals surface area contributed by atoms with Crippen LogP contribution in [-0.2, 0) is 5.67 Å². The molecule has 3 aromatic heterocycles. The van der Waals surface area contributed by atoms with Crippen LogP contribution in [0.5, 0.6) is 0 Å². The number of pyridine rings is 2. The van der Waals surface area contributed by atoms with Crippen LogP contribution < -0.4 is 0 Å². The number of hydrogen-bond acceptors (Lipinski definition) is 6. The molecule has 1 aliphatic rings. The lowest BCUT2D eigenvalue weighted by molar-refractivity contribution is 0.0627. The zero-order valence-corrected chi connectivity index (χ0v) is 13.8. The number of H-pyrrole nitrogens is 1. The molecule has 4 rings (SSSR count). The molecule has 1 N–H and O–H groups in total. The van der Waals surface area contributed by atoms with Crippen LogP contribution in [0.15, 0.2) is 30.6 Å². The number of nitrogens with zero attached hydrogens (tertiary/aromatic N) is 6. The number of likely N-dealkylation sites (tertiary alicyclic amines) is 1. The molecule has 128 valence electrons. The highest BCUT2D eigenvalue weighted by Crippen LogP contribution is 2.35. The molecule has 0 saturated carbocycles. The Bertz CT molecular complexity index is 1060. The lowest BCUT2D eigenvalue weighted by atomic mass is 9.94.